The van der Waals surface area contributed by atoms with Gasteiger partial charge in [-0.05, 0) is 43.8 Å². The van der Waals surface area contributed by atoms with Gasteiger partial charge in [0.15, 0.2) is 4.74 Å². The third-order valence-corrected chi connectivity index (χ3v) is 9.52. The van der Waals surface area contributed by atoms with E-state index in [4.69, 9.17) is 4.43 Å². The molecule has 1 nitrogen and oxygen atoms in total. The highest BCUT2D eigenvalue weighted by Gasteiger charge is 2.49. The van der Waals surface area contributed by atoms with Crippen LogP contribution in [-0.2, 0) is 4.43 Å². The Kier molecular flexibility index (Phi) is 6.55. The molecule has 2 rings (SSSR count). The molecule has 0 spiro atoms. The molecular weight excluding hydrogens is 383 g/mol. The van der Waals surface area contributed by atoms with Crippen molar-refractivity contribution in [2.75, 3.05) is 6.61 Å². The lowest BCUT2D eigenvalue weighted by molar-refractivity contribution is 0.304. The maximum absolute atomic E-state index is 12.9. The predicted molar refractivity (Wildman–Crippen MR) is 106 cm³/mol. The normalized spacial score (nSPS) is 13.1. The number of rotatable bonds is 6. The van der Waals surface area contributed by atoms with Gasteiger partial charge in [-0.15, -0.1) is 0 Å². The number of benzene rings is 2. The topological polar surface area (TPSA) is 9.23 Å². The van der Waals surface area contributed by atoms with E-state index in [0.717, 1.165) is 0 Å². The molecule has 0 atom stereocenters. The fourth-order valence-electron chi connectivity index (χ4n) is 3.14. The Morgan fingerprint density at radius 1 is 1.00 bits per heavy atom. The zero-order valence-corrected chi connectivity index (χ0v) is 17.0. The quantitative estimate of drug-likeness (QED) is 0.475. The van der Waals surface area contributed by atoms with E-state index in [2.05, 4.69) is 85.2 Å². The van der Waals surface area contributed by atoms with E-state index in [-0.39, 0.29) is 9.77 Å². The summed E-state index contributed by atoms with van der Waals surface area (Å²) >= 11 is 2.83. The van der Waals surface area contributed by atoms with Crippen molar-refractivity contribution in [1.82, 2.24) is 0 Å². The van der Waals surface area contributed by atoms with Crippen LogP contribution in [-0.4, -0.2) is 14.9 Å². The number of halogens is 2. The Bertz CT molecular complexity index is 622. The SMILES string of the molecule is CC(C)(C)[Si](OCC/C=C(\F)Br)(c1ccccc1)c1ccccc1. The van der Waals surface area contributed by atoms with Crippen molar-refractivity contribution in [3.05, 3.63) is 71.5 Å². The highest BCUT2D eigenvalue weighted by molar-refractivity contribution is 9.11. The lowest BCUT2D eigenvalue weighted by Gasteiger charge is -2.43. The van der Waals surface area contributed by atoms with Crippen LogP contribution in [0.4, 0.5) is 4.39 Å². The molecule has 0 aliphatic heterocycles. The summed E-state index contributed by atoms with van der Waals surface area (Å²) in [4.78, 5) is 0. The maximum atomic E-state index is 12.9. The van der Waals surface area contributed by atoms with Crippen molar-refractivity contribution >= 4 is 34.6 Å². The van der Waals surface area contributed by atoms with Crippen molar-refractivity contribution < 1.29 is 8.82 Å². The minimum absolute atomic E-state index is 0.0492. The molecule has 4 heteroatoms. The monoisotopic (exact) mass is 406 g/mol. The molecular formula is C20H24BrFOSi. The van der Waals surface area contributed by atoms with Gasteiger partial charge in [-0.3, -0.25) is 0 Å². The first-order valence-corrected chi connectivity index (χ1v) is 10.8. The second-order valence-corrected chi connectivity index (χ2v) is 11.9. The first-order valence-electron chi connectivity index (χ1n) is 8.14. The summed E-state index contributed by atoms with van der Waals surface area (Å²) in [6.45, 7) is 7.20. The smallest absolute Gasteiger partial charge is 0.261 e. The molecule has 128 valence electrons. The van der Waals surface area contributed by atoms with Crippen LogP contribution in [0.1, 0.15) is 27.2 Å². The van der Waals surface area contributed by atoms with Gasteiger partial charge in [-0.25, -0.2) is 0 Å². The minimum atomic E-state index is -2.49. The molecule has 24 heavy (non-hydrogen) atoms. The summed E-state index contributed by atoms with van der Waals surface area (Å²) in [5, 5.41) is 2.44. The van der Waals surface area contributed by atoms with E-state index in [0.29, 0.717) is 13.0 Å². The first-order chi connectivity index (χ1) is 11.4. The van der Waals surface area contributed by atoms with Gasteiger partial charge in [-0.1, -0.05) is 81.4 Å². The standard InChI is InChI=1S/C20H24BrFOSi/c1-20(2,3)24(17-11-6-4-7-12-17,18-13-8-5-9-14-18)23-16-10-15-19(21)22/h4-9,11-15H,10,16H2,1-3H3/b19-15-. The molecule has 0 aliphatic carbocycles. The molecule has 0 N–H and O–H groups in total. The molecule has 0 unspecified atom stereocenters. The van der Waals surface area contributed by atoms with E-state index in [1.54, 1.807) is 0 Å². The predicted octanol–water partition coefficient (Wildman–Crippen LogP) is 5.16. The zero-order chi connectivity index (χ0) is 17.6. The Morgan fingerprint density at radius 2 is 1.46 bits per heavy atom. The van der Waals surface area contributed by atoms with Crippen molar-refractivity contribution in [1.29, 1.82) is 0 Å². The number of hydrogen-bond acceptors (Lipinski definition) is 1. The van der Waals surface area contributed by atoms with Crippen LogP contribution in [0, 0.1) is 0 Å². The van der Waals surface area contributed by atoms with Crippen LogP contribution < -0.4 is 10.4 Å². The van der Waals surface area contributed by atoms with Gasteiger partial charge in [-0.2, -0.15) is 4.39 Å². The average Bonchev–Trinajstić information content (AvgIpc) is 2.55. The molecule has 0 heterocycles. The average molecular weight is 407 g/mol. The molecule has 2 aromatic rings. The van der Waals surface area contributed by atoms with Crippen molar-refractivity contribution in [3.8, 4) is 0 Å². The summed E-state index contributed by atoms with van der Waals surface area (Å²) in [5.41, 5.74) is 0. The highest BCUT2D eigenvalue weighted by atomic mass is 79.9. The molecule has 0 bridgehead atoms. The van der Waals surface area contributed by atoms with Crippen molar-refractivity contribution in [2.45, 2.75) is 32.2 Å². The fourth-order valence-corrected chi connectivity index (χ4v) is 7.95. The second-order valence-electron chi connectivity index (χ2n) is 6.79. The van der Waals surface area contributed by atoms with E-state index in [9.17, 15) is 4.39 Å². The Hall–Kier alpha value is -1.23. The first kappa shape index (κ1) is 19.1. The molecule has 0 radical (unpaired) electrons. The van der Waals surface area contributed by atoms with Crippen LogP contribution in [0.5, 0.6) is 0 Å². The lowest BCUT2D eigenvalue weighted by Crippen LogP contribution is -2.66. The zero-order valence-electron chi connectivity index (χ0n) is 14.4. The third-order valence-electron chi connectivity index (χ3n) is 4.15. The molecule has 0 fully saturated rings. The van der Waals surface area contributed by atoms with Crippen molar-refractivity contribution in [3.63, 3.8) is 0 Å². The molecule has 0 aromatic heterocycles. The lowest BCUT2D eigenvalue weighted by atomic mass is 10.2. The fraction of sp³-hybridized carbons (Fsp3) is 0.300. The molecule has 0 saturated carbocycles. The van der Waals surface area contributed by atoms with E-state index in [1.165, 1.54) is 16.4 Å². The van der Waals surface area contributed by atoms with Crippen LogP contribution in [0.2, 0.25) is 5.04 Å². The van der Waals surface area contributed by atoms with Gasteiger partial charge in [0.25, 0.3) is 8.32 Å². The van der Waals surface area contributed by atoms with Gasteiger partial charge < -0.3 is 4.43 Å². The second kappa shape index (κ2) is 8.23. The van der Waals surface area contributed by atoms with Gasteiger partial charge >= 0.3 is 0 Å². The summed E-state index contributed by atoms with van der Waals surface area (Å²) in [6, 6.07) is 20.9. The minimum Gasteiger partial charge on any atom is -0.407 e. The number of hydrogen-bond donors (Lipinski definition) is 0. The largest absolute Gasteiger partial charge is 0.407 e. The van der Waals surface area contributed by atoms with E-state index < -0.39 is 8.32 Å². The van der Waals surface area contributed by atoms with Gasteiger partial charge in [0.05, 0.1) is 0 Å². The summed E-state index contributed by atoms with van der Waals surface area (Å²) in [7, 11) is -2.49. The molecule has 0 aliphatic rings. The van der Waals surface area contributed by atoms with Crippen molar-refractivity contribution in [2.24, 2.45) is 0 Å². The summed E-state index contributed by atoms with van der Waals surface area (Å²) in [5.74, 6) is 0. The molecule has 0 saturated heterocycles. The highest BCUT2D eigenvalue weighted by Crippen LogP contribution is 2.36. The Balaban J connectivity index is 2.51. The Labute approximate surface area is 153 Å². The van der Waals surface area contributed by atoms with Crippen LogP contribution in [0.3, 0.4) is 0 Å². The maximum Gasteiger partial charge on any atom is 0.261 e. The summed E-state index contributed by atoms with van der Waals surface area (Å²) < 4.78 is 19.2. The summed E-state index contributed by atoms with van der Waals surface area (Å²) in [6.07, 6.45) is 2.05. The van der Waals surface area contributed by atoms with E-state index >= 15 is 0 Å². The van der Waals surface area contributed by atoms with Gasteiger partial charge in [0, 0.05) is 6.61 Å². The van der Waals surface area contributed by atoms with Gasteiger partial charge in [0.1, 0.15) is 0 Å². The molecule has 2 aromatic carbocycles. The van der Waals surface area contributed by atoms with Crippen LogP contribution in [0.25, 0.3) is 0 Å². The third kappa shape index (κ3) is 4.24. The van der Waals surface area contributed by atoms with E-state index in [1.807, 2.05) is 12.1 Å². The Morgan fingerprint density at radius 3 is 1.83 bits per heavy atom. The van der Waals surface area contributed by atoms with Gasteiger partial charge in [0.2, 0.25) is 0 Å². The van der Waals surface area contributed by atoms with Crippen LogP contribution >= 0.6 is 15.9 Å². The molecule has 0 amide bonds. The van der Waals surface area contributed by atoms with Crippen LogP contribution in [0.15, 0.2) is 71.5 Å².